The van der Waals surface area contributed by atoms with Gasteiger partial charge in [-0.2, -0.15) is 0 Å². The van der Waals surface area contributed by atoms with E-state index in [1.54, 1.807) is 0 Å². The van der Waals surface area contributed by atoms with Gasteiger partial charge in [-0.1, -0.05) is 19.6 Å². The zero-order valence-electron chi connectivity index (χ0n) is 11.2. The summed E-state index contributed by atoms with van der Waals surface area (Å²) in [5, 5.41) is 0. The predicted molar refractivity (Wildman–Crippen MR) is 74.9 cm³/mol. The Balaban J connectivity index is 0.00000324. The molecule has 1 N–H and O–H groups in total. The summed E-state index contributed by atoms with van der Waals surface area (Å²) in [6, 6.07) is 0.738. The Morgan fingerprint density at radius 3 is 2.16 bits per heavy atom. The molecule has 19 heavy (non-hydrogen) atoms. The second kappa shape index (κ2) is 6.43. The summed E-state index contributed by atoms with van der Waals surface area (Å²) >= 11 is 0. The molecule has 0 heterocycles. The van der Waals surface area contributed by atoms with Crippen molar-refractivity contribution < 1.29 is 18.0 Å². The van der Waals surface area contributed by atoms with Crippen LogP contribution in [0.15, 0.2) is 6.07 Å². The monoisotopic (exact) mass is 311 g/mol. The first-order valence-electron chi connectivity index (χ1n) is 5.56. The molecular weight excluding hydrogens is 295 g/mol. The Morgan fingerprint density at radius 1 is 1.21 bits per heavy atom. The van der Waals surface area contributed by atoms with E-state index in [0.29, 0.717) is 0 Å². The third-order valence-electron chi connectivity index (χ3n) is 2.17. The molecule has 1 aromatic rings. The van der Waals surface area contributed by atoms with E-state index in [1.807, 2.05) is 19.6 Å². The molecule has 0 aliphatic heterocycles. The molecule has 0 spiro atoms. The third kappa shape index (κ3) is 4.87. The molecule has 2 nitrogen and oxygen atoms in total. The lowest BCUT2D eigenvalue weighted by Gasteiger charge is -2.21. The minimum absolute atomic E-state index is 0. The van der Waals surface area contributed by atoms with E-state index in [9.17, 15) is 18.0 Å². The quantitative estimate of drug-likeness (QED) is 0.675. The maximum absolute atomic E-state index is 14.0. The van der Waals surface area contributed by atoms with Gasteiger partial charge in [0.25, 0.3) is 0 Å². The van der Waals surface area contributed by atoms with Crippen molar-refractivity contribution in [2.24, 2.45) is 0 Å². The molecule has 7 heteroatoms. The fourth-order valence-corrected chi connectivity index (χ4v) is 2.51. The first-order valence-corrected chi connectivity index (χ1v) is 9.06. The van der Waals surface area contributed by atoms with E-state index in [1.165, 1.54) is 6.92 Å². The molecule has 1 aromatic carbocycles. The van der Waals surface area contributed by atoms with Crippen LogP contribution in [0.3, 0.4) is 0 Å². The molecule has 0 aromatic heterocycles. The van der Waals surface area contributed by atoms with E-state index < -0.39 is 31.4 Å². The standard InChI is InChI=1S/C12H16F3NOSi.ClH/c1-7(17)5-8-6-9(13)11(15)12(10(8)14)16-18(2,3)4;/h6,16H,5H2,1-4H3;1H. The van der Waals surface area contributed by atoms with Gasteiger partial charge >= 0.3 is 0 Å². The Kier molecular flexibility index (Phi) is 6.09. The number of ketones is 1. The summed E-state index contributed by atoms with van der Waals surface area (Å²) < 4.78 is 40.9. The Labute approximate surface area is 117 Å². The highest BCUT2D eigenvalue weighted by Crippen LogP contribution is 2.27. The summed E-state index contributed by atoms with van der Waals surface area (Å²) in [5.41, 5.74) is -0.590. The van der Waals surface area contributed by atoms with Crippen LogP contribution in [0.4, 0.5) is 18.9 Å². The maximum atomic E-state index is 14.0. The van der Waals surface area contributed by atoms with Crippen LogP contribution in [0.25, 0.3) is 0 Å². The molecule has 0 bridgehead atoms. The molecule has 0 atom stereocenters. The molecule has 0 saturated carbocycles. The molecule has 0 aliphatic carbocycles. The summed E-state index contributed by atoms with van der Waals surface area (Å²) in [7, 11) is -2.03. The summed E-state index contributed by atoms with van der Waals surface area (Å²) in [5.74, 6) is -3.57. The zero-order chi connectivity index (χ0) is 14.1. The molecule has 0 radical (unpaired) electrons. The highest BCUT2D eigenvalue weighted by Gasteiger charge is 2.23. The Bertz CT molecular complexity index is 489. The lowest BCUT2D eigenvalue weighted by Crippen LogP contribution is -2.33. The molecule has 0 saturated heterocycles. The molecule has 1 rings (SSSR count). The summed E-state index contributed by atoms with van der Waals surface area (Å²) in [6.45, 7) is 6.77. The molecular formula is C12H17ClF3NOSi. The van der Waals surface area contributed by atoms with Crippen molar-refractivity contribution in [3.05, 3.63) is 29.1 Å². The largest absolute Gasteiger partial charge is 0.406 e. The summed E-state index contributed by atoms with van der Waals surface area (Å²) in [6.07, 6.45) is -0.247. The second-order valence-corrected chi connectivity index (χ2v) is 10.0. The number of Topliss-reactive ketones (excluding diaryl/α,β-unsaturated/α-hetero) is 1. The topological polar surface area (TPSA) is 29.1 Å². The highest BCUT2D eigenvalue weighted by molar-refractivity contribution is 6.79. The van der Waals surface area contributed by atoms with E-state index in [4.69, 9.17) is 0 Å². The van der Waals surface area contributed by atoms with Gasteiger partial charge in [0.2, 0.25) is 0 Å². The van der Waals surface area contributed by atoms with Crippen molar-refractivity contribution in [1.82, 2.24) is 0 Å². The third-order valence-corrected chi connectivity index (χ3v) is 3.17. The van der Waals surface area contributed by atoms with Gasteiger partial charge in [-0.25, -0.2) is 13.2 Å². The van der Waals surface area contributed by atoms with Crippen LogP contribution in [0, 0.1) is 17.5 Å². The van der Waals surface area contributed by atoms with E-state index >= 15 is 0 Å². The average Bonchev–Trinajstić information content (AvgIpc) is 2.19. The van der Waals surface area contributed by atoms with Crippen LogP contribution in [0.1, 0.15) is 12.5 Å². The first kappa shape index (κ1) is 18.0. The summed E-state index contributed by atoms with van der Waals surface area (Å²) in [4.78, 5) is 13.7. The fraction of sp³-hybridized carbons (Fsp3) is 0.417. The Morgan fingerprint density at radius 2 is 1.74 bits per heavy atom. The van der Waals surface area contributed by atoms with Gasteiger partial charge in [0.05, 0.1) is 0 Å². The Hall–Kier alpha value is -1.01. The van der Waals surface area contributed by atoms with Crippen molar-refractivity contribution in [3.63, 3.8) is 0 Å². The number of benzene rings is 1. The number of halogens is 4. The number of anilines is 1. The fourth-order valence-electron chi connectivity index (χ4n) is 1.54. The van der Waals surface area contributed by atoms with Gasteiger partial charge in [-0.3, -0.25) is 4.79 Å². The van der Waals surface area contributed by atoms with Gasteiger partial charge < -0.3 is 4.98 Å². The van der Waals surface area contributed by atoms with E-state index in [-0.39, 0.29) is 30.2 Å². The molecule has 0 unspecified atom stereocenters. The van der Waals surface area contributed by atoms with Crippen LogP contribution in [0.5, 0.6) is 0 Å². The van der Waals surface area contributed by atoms with Crippen LogP contribution in [-0.4, -0.2) is 14.0 Å². The molecule has 108 valence electrons. The highest BCUT2D eigenvalue weighted by atomic mass is 35.5. The SMILES string of the molecule is CC(=O)Cc1cc(F)c(F)c(N[Si](C)(C)C)c1F.Cl. The number of rotatable bonds is 4. The second-order valence-electron chi connectivity index (χ2n) is 5.27. The van der Waals surface area contributed by atoms with Crippen LogP contribution >= 0.6 is 12.4 Å². The van der Waals surface area contributed by atoms with Crippen molar-refractivity contribution in [2.45, 2.75) is 33.0 Å². The normalized spacial score (nSPS) is 10.9. The number of nitrogens with one attached hydrogen (secondary N) is 1. The molecule has 0 fully saturated rings. The minimum Gasteiger partial charge on any atom is -0.406 e. The van der Waals surface area contributed by atoms with Crippen molar-refractivity contribution >= 4 is 32.1 Å². The van der Waals surface area contributed by atoms with Crippen LogP contribution < -0.4 is 4.98 Å². The number of hydrogen-bond acceptors (Lipinski definition) is 2. The van der Waals surface area contributed by atoms with Gasteiger partial charge in [0.1, 0.15) is 19.7 Å². The van der Waals surface area contributed by atoms with Crippen molar-refractivity contribution in [2.75, 3.05) is 4.98 Å². The first-order chi connectivity index (χ1) is 8.11. The zero-order valence-corrected chi connectivity index (χ0v) is 13.1. The number of carbonyl (C=O) groups is 1. The minimum atomic E-state index is -2.03. The molecule has 0 amide bonds. The van der Waals surface area contributed by atoms with Gasteiger partial charge in [-0.15, -0.1) is 12.4 Å². The smallest absolute Gasteiger partial charge is 0.184 e. The number of hydrogen-bond donors (Lipinski definition) is 1. The number of carbonyl (C=O) groups excluding carboxylic acids is 1. The maximum Gasteiger partial charge on any atom is 0.184 e. The van der Waals surface area contributed by atoms with Gasteiger partial charge in [0.15, 0.2) is 17.5 Å². The average molecular weight is 312 g/mol. The van der Waals surface area contributed by atoms with Crippen molar-refractivity contribution in [3.8, 4) is 0 Å². The molecule has 0 aliphatic rings. The van der Waals surface area contributed by atoms with E-state index in [0.717, 1.165) is 6.07 Å². The van der Waals surface area contributed by atoms with E-state index in [2.05, 4.69) is 4.98 Å². The van der Waals surface area contributed by atoms with Gasteiger partial charge in [-0.05, 0) is 13.0 Å². The van der Waals surface area contributed by atoms with Gasteiger partial charge in [0, 0.05) is 12.0 Å². The van der Waals surface area contributed by atoms with Crippen molar-refractivity contribution in [1.29, 1.82) is 0 Å². The van der Waals surface area contributed by atoms with Crippen LogP contribution in [0.2, 0.25) is 19.6 Å². The lowest BCUT2D eigenvalue weighted by molar-refractivity contribution is -0.116. The van der Waals surface area contributed by atoms with Crippen LogP contribution in [-0.2, 0) is 11.2 Å². The lowest BCUT2D eigenvalue weighted by atomic mass is 10.1. The predicted octanol–water partition coefficient (Wildman–Crippen LogP) is 3.90.